The van der Waals surface area contributed by atoms with Crippen molar-refractivity contribution in [1.82, 2.24) is 10.6 Å². The molecule has 0 bridgehead atoms. The molecule has 1 heterocycles. The summed E-state index contributed by atoms with van der Waals surface area (Å²) >= 11 is 0. The third-order valence-electron chi connectivity index (χ3n) is 0.937. The molecule has 54 valence electrons. The van der Waals surface area contributed by atoms with E-state index in [0.717, 1.165) is 0 Å². The summed E-state index contributed by atoms with van der Waals surface area (Å²) in [4.78, 5) is 21.0. The van der Waals surface area contributed by atoms with Crippen LogP contribution in [-0.2, 0) is 9.59 Å². The first kappa shape index (κ1) is 6.53. The smallest absolute Gasteiger partial charge is 0.246 e. The van der Waals surface area contributed by atoms with Gasteiger partial charge in [0.15, 0.2) is 0 Å². The third-order valence-corrected chi connectivity index (χ3v) is 0.937. The van der Waals surface area contributed by atoms with Gasteiger partial charge in [-0.15, -0.1) is 0 Å². The highest BCUT2D eigenvalue weighted by molar-refractivity contribution is 6.15. The maximum atomic E-state index is 10.5. The van der Waals surface area contributed by atoms with Crippen LogP contribution in [0, 0.1) is 0 Å². The molecule has 1 aliphatic heterocycles. The first-order chi connectivity index (χ1) is 4.72. The first-order valence-corrected chi connectivity index (χ1v) is 2.54. The van der Waals surface area contributed by atoms with Gasteiger partial charge in [-0.3, -0.25) is 20.2 Å². The van der Waals surface area contributed by atoms with Gasteiger partial charge in [0.25, 0.3) is 0 Å². The summed E-state index contributed by atoms with van der Waals surface area (Å²) < 4.78 is 0. The van der Waals surface area contributed by atoms with Gasteiger partial charge in [0.2, 0.25) is 17.8 Å². The van der Waals surface area contributed by atoms with E-state index in [-0.39, 0.29) is 12.4 Å². The van der Waals surface area contributed by atoms with Crippen LogP contribution in [0.4, 0.5) is 0 Å². The van der Waals surface area contributed by atoms with Gasteiger partial charge >= 0.3 is 0 Å². The van der Waals surface area contributed by atoms with Gasteiger partial charge in [0.05, 0.1) is 0 Å². The average Bonchev–Trinajstić information content (AvgIpc) is 1.85. The molecule has 0 aromatic heterocycles. The molecule has 1 fully saturated rings. The first-order valence-electron chi connectivity index (χ1n) is 2.54. The number of rotatable bonds is 0. The van der Waals surface area contributed by atoms with Gasteiger partial charge in [-0.1, -0.05) is 5.16 Å². The largest absolute Gasteiger partial charge is 0.408 e. The van der Waals surface area contributed by atoms with E-state index < -0.39 is 11.8 Å². The molecule has 0 spiro atoms. The monoisotopic (exact) mass is 143 g/mol. The Morgan fingerprint density at radius 2 is 1.80 bits per heavy atom. The summed E-state index contributed by atoms with van der Waals surface area (Å²) in [5.41, 5.74) is 0. The van der Waals surface area contributed by atoms with Gasteiger partial charge in [0.1, 0.15) is 6.42 Å². The summed E-state index contributed by atoms with van der Waals surface area (Å²) in [5, 5.41) is 14.9. The summed E-state index contributed by atoms with van der Waals surface area (Å²) in [6.45, 7) is 0. The molecule has 0 atom stereocenters. The van der Waals surface area contributed by atoms with Gasteiger partial charge in [-0.05, 0) is 0 Å². The lowest BCUT2D eigenvalue weighted by Gasteiger charge is -2.12. The molecule has 6 heteroatoms. The van der Waals surface area contributed by atoms with E-state index in [2.05, 4.69) is 15.8 Å². The molecule has 0 saturated carbocycles. The second kappa shape index (κ2) is 2.34. The number of nitrogens with zero attached hydrogens (tertiary/aromatic N) is 1. The quantitative estimate of drug-likeness (QED) is 0.216. The Bertz CT molecular complexity index is 192. The lowest BCUT2D eigenvalue weighted by molar-refractivity contribution is -0.129. The molecule has 6 nitrogen and oxygen atoms in total. The maximum absolute atomic E-state index is 10.5. The fourth-order valence-electron chi connectivity index (χ4n) is 0.580. The lowest BCUT2D eigenvalue weighted by atomic mass is 10.3. The van der Waals surface area contributed by atoms with E-state index in [9.17, 15) is 9.59 Å². The van der Waals surface area contributed by atoms with Crippen molar-refractivity contribution in [1.29, 1.82) is 0 Å². The minimum absolute atomic E-state index is 0.221. The van der Waals surface area contributed by atoms with E-state index in [0.29, 0.717) is 0 Å². The summed E-state index contributed by atoms with van der Waals surface area (Å²) in [6, 6.07) is 0. The normalized spacial score (nSPS) is 17.8. The lowest BCUT2D eigenvalue weighted by Crippen LogP contribution is -2.50. The second-order valence-electron chi connectivity index (χ2n) is 1.72. The number of carbonyl (C=O) groups is 2. The number of hydrogen-bond donors (Lipinski definition) is 3. The molecule has 1 rings (SSSR count). The Balaban J connectivity index is 2.68. The molecular formula is C4H5N3O3. The Kier molecular flexibility index (Phi) is 1.53. The van der Waals surface area contributed by atoms with Crippen LogP contribution in [0.1, 0.15) is 6.42 Å². The fraction of sp³-hybridized carbons (Fsp3) is 0.250. The van der Waals surface area contributed by atoms with Gasteiger partial charge in [-0.2, -0.15) is 0 Å². The Hall–Kier alpha value is -1.59. The van der Waals surface area contributed by atoms with Crippen LogP contribution in [0.15, 0.2) is 5.16 Å². The van der Waals surface area contributed by atoms with Crippen molar-refractivity contribution < 1.29 is 14.8 Å². The highest BCUT2D eigenvalue weighted by atomic mass is 16.4. The maximum Gasteiger partial charge on any atom is 0.246 e. The summed E-state index contributed by atoms with van der Waals surface area (Å²) in [7, 11) is 0. The summed E-state index contributed by atoms with van der Waals surface area (Å²) in [6.07, 6.45) is -0.223. The molecule has 10 heavy (non-hydrogen) atoms. The zero-order valence-electron chi connectivity index (χ0n) is 4.92. The van der Waals surface area contributed by atoms with Crippen molar-refractivity contribution >= 4 is 17.8 Å². The fourth-order valence-corrected chi connectivity index (χ4v) is 0.580. The second-order valence-corrected chi connectivity index (χ2v) is 1.72. The molecule has 0 aromatic rings. The zero-order chi connectivity index (χ0) is 7.56. The number of carbonyl (C=O) groups excluding carboxylic acids is 2. The van der Waals surface area contributed by atoms with Crippen LogP contribution in [0.2, 0.25) is 0 Å². The number of oxime groups is 1. The van der Waals surface area contributed by atoms with E-state index in [4.69, 9.17) is 5.21 Å². The number of amides is 2. The summed E-state index contributed by atoms with van der Waals surface area (Å²) in [5.74, 6) is -1.17. The number of nitrogens with one attached hydrogen (secondary N) is 2. The van der Waals surface area contributed by atoms with Crippen molar-refractivity contribution in [2.75, 3.05) is 0 Å². The van der Waals surface area contributed by atoms with Crippen molar-refractivity contribution in [2.45, 2.75) is 6.42 Å². The van der Waals surface area contributed by atoms with Crippen molar-refractivity contribution in [3.63, 3.8) is 0 Å². The molecular weight excluding hydrogens is 138 g/mol. The Morgan fingerprint density at radius 3 is 2.20 bits per heavy atom. The van der Waals surface area contributed by atoms with Gasteiger partial charge in [-0.25, -0.2) is 0 Å². The van der Waals surface area contributed by atoms with Crippen LogP contribution in [0.25, 0.3) is 0 Å². The van der Waals surface area contributed by atoms with Gasteiger partial charge in [0, 0.05) is 0 Å². The van der Waals surface area contributed by atoms with E-state index in [1.807, 2.05) is 0 Å². The van der Waals surface area contributed by atoms with Crippen molar-refractivity contribution in [3.8, 4) is 0 Å². The van der Waals surface area contributed by atoms with Crippen LogP contribution in [-0.4, -0.2) is 23.0 Å². The number of guanidine groups is 1. The highest BCUT2D eigenvalue weighted by Crippen LogP contribution is 1.86. The predicted octanol–water partition coefficient (Wildman–Crippen LogP) is -1.63. The van der Waals surface area contributed by atoms with Crippen LogP contribution >= 0.6 is 0 Å². The molecule has 1 saturated heterocycles. The standard InChI is InChI=1S/C4H5N3O3/c8-2-1-3(9)6-4(5-2)7-10/h10H,1H2,(H2,5,6,7,8,9). The van der Waals surface area contributed by atoms with Crippen molar-refractivity contribution in [2.24, 2.45) is 5.16 Å². The molecule has 0 radical (unpaired) electrons. The topological polar surface area (TPSA) is 90.8 Å². The minimum atomic E-state index is -0.475. The molecule has 2 amide bonds. The highest BCUT2D eigenvalue weighted by Gasteiger charge is 2.19. The van der Waals surface area contributed by atoms with Gasteiger partial charge < -0.3 is 5.21 Å². The SMILES string of the molecule is O=C1CC(=O)NC(=NO)N1. The van der Waals surface area contributed by atoms with E-state index in [1.54, 1.807) is 0 Å². The molecule has 0 aromatic carbocycles. The predicted molar refractivity (Wildman–Crippen MR) is 30.1 cm³/mol. The van der Waals surface area contributed by atoms with E-state index in [1.165, 1.54) is 0 Å². The zero-order valence-corrected chi connectivity index (χ0v) is 4.92. The van der Waals surface area contributed by atoms with Crippen LogP contribution in [0.5, 0.6) is 0 Å². The van der Waals surface area contributed by atoms with Crippen LogP contribution < -0.4 is 10.6 Å². The molecule has 0 aliphatic carbocycles. The Labute approximate surface area is 55.9 Å². The molecule has 3 N–H and O–H groups in total. The molecule has 0 unspecified atom stereocenters. The number of hydrogen-bond acceptors (Lipinski definition) is 4. The average molecular weight is 143 g/mol. The van der Waals surface area contributed by atoms with E-state index >= 15 is 0 Å². The van der Waals surface area contributed by atoms with Crippen molar-refractivity contribution in [3.05, 3.63) is 0 Å². The Morgan fingerprint density at radius 1 is 1.30 bits per heavy atom. The van der Waals surface area contributed by atoms with Crippen LogP contribution in [0.3, 0.4) is 0 Å². The minimum Gasteiger partial charge on any atom is -0.408 e. The third kappa shape index (κ3) is 1.22. The molecule has 1 aliphatic rings.